The first-order chi connectivity index (χ1) is 7.99. The number of carbonyl (C=O) groups excluding carboxylic acids is 1. The molecule has 0 aromatic rings. The Morgan fingerprint density at radius 3 is 2.71 bits per heavy atom. The van der Waals surface area contributed by atoms with E-state index in [2.05, 4.69) is 5.28 Å². The number of nitrogens with zero attached hydrogens (tertiary/aromatic N) is 3. The number of hydrazine groups is 1. The van der Waals surface area contributed by atoms with E-state index in [-0.39, 0.29) is 25.2 Å². The van der Waals surface area contributed by atoms with Crippen LogP contribution in [0.2, 0.25) is 0 Å². The number of thioether (sulfide) groups is 1. The molecule has 0 bridgehead atoms. The van der Waals surface area contributed by atoms with Crippen molar-refractivity contribution in [2.75, 3.05) is 25.3 Å². The molecule has 0 unspecified atom stereocenters. The largest absolute Gasteiger partial charge is 0.569 e. The average Bonchev–Trinajstić information content (AvgIpc) is 2.23. The predicted molar refractivity (Wildman–Crippen MR) is 64.0 cm³/mol. The minimum absolute atomic E-state index is 0.0651. The summed E-state index contributed by atoms with van der Waals surface area (Å²) in [6, 6.07) is -0.0651. The van der Waals surface area contributed by atoms with Gasteiger partial charge in [-0.1, -0.05) is 0 Å². The fraction of sp³-hybridized carbons (Fsp3) is 0.889. The fourth-order valence-electron chi connectivity index (χ4n) is 0.997. The number of carbonyl (C=O) groups is 1. The van der Waals surface area contributed by atoms with Crippen LogP contribution in [0.4, 0.5) is 0 Å². The summed E-state index contributed by atoms with van der Waals surface area (Å²) in [5, 5.41) is 16.3. The van der Waals surface area contributed by atoms with Crippen LogP contribution in [0.15, 0.2) is 5.28 Å². The highest BCUT2D eigenvalue weighted by molar-refractivity contribution is 7.98. The smallest absolute Gasteiger partial charge is 0.302 e. The van der Waals surface area contributed by atoms with Gasteiger partial charge in [0, 0.05) is 6.92 Å². The van der Waals surface area contributed by atoms with Gasteiger partial charge in [0.15, 0.2) is 5.94 Å². The van der Waals surface area contributed by atoms with Gasteiger partial charge in [0.1, 0.15) is 13.2 Å². The lowest BCUT2D eigenvalue weighted by Crippen LogP contribution is -2.39. The minimum Gasteiger partial charge on any atom is -0.569 e. The highest BCUT2D eigenvalue weighted by atomic mass is 32.2. The summed E-state index contributed by atoms with van der Waals surface area (Å²) >= 11 is 1.42. The number of rotatable bonds is 8. The molecule has 0 saturated heterocycles. The monoisotopic (exact) mass is 265 g/mol. The molecule has 0 spiro atoms. The molecule has 0 aromatic carbocycles. The summed E-state index contributed by atoms with van der Waals surface area (Å²) in [6.07, 6.45) is 1.84. The highest BCUT2D eigenvalue weighted by Crippen LogP contribution is 2.01. The molecule has 8 heteroatoms. The molecule has 0 atom stereocenters. The third-order valence-corrected chi connectivity index (χ3v) is 2.08. The minimum atomic E-state index is -0.373. The molecule has 0 fully saturated rings. The number of esters is 1. The summed E-state index contributed by atoms with van der Waals surface area (Å²) < 4.78 is 4.77. The van der Waals surface area contributed by atoms with Crippen molar-refractivity contribution in [3.8, 4) is 0 Å². The molecular weight excluding hydrogens is 246 g/mol. The van der Waals surface area contributed by atoms with Gasteiger partial charge in [0.05, 0.1) is 11.0 Å². The molecule has 0 rings (SSSR count). The molecule has 0 amide bonds. The first-order valence-electron chi connectivity index (χ1n) is 5.18. The summed E-state index contributed by atoms with van der Waals surface area (Å²) in [5.74, 6) is -0.0593. The van der Waals surface area contributed by atoms with E-state index in [0.717, 1.165) is 0 Å². The Morgan fingerprint density at radius 2 is 2.24 bits per heavy atom. The van der Waals surface area contributed by atoms with Gasteiger partial charge in [0.25, 0.3) is 0 Å². The SMILES string of the molecule is CSCON=[N+]([O-])N(CCOC(C)=O)C(C)C. The second kappa shape index (κ2) is 8.91. The lowest BCUT2D eigenvalue weighted by Gasteiger charge is -2.21. The Morgan fingerprint density at radius 1 is 1.59 bits per heavy atom. The zero-order valence-corrected chi connectivity index (χ0v) is 11.4. The van der Waals surface area contributed by atoms with Gasteiger partial charge < -0.3 is 14.8 Å². The molecule has 0 saturated carbocycles. The van der Waals surface area contributed by atoms with Gasteiger partial charge >= 0.3 is 5.97 Å². The molecule has 0 radical (unpaired) electrons. The van der Waals surface area contributed by atoms with Crippen molar-refractivity contribution in [1.82, 2.24) is 5.01 Å². The summed E-state index contributed by atoms with van der Waals surface area (Å²) in [4.78, 5) is 15.7. The summed E-state index contributed by atoms with van der Waals surface area (Å²) in [6.45, 7) is 5.41. The molecule has 0 aliphatic rings. The molecule has 0 aliphatic heterocycles. The Labute approximate surface area is 105 Å². The van der Waals surface area contributed by atoms with E-state index < -0.39 is 0 Å². The van der Waals surface area contributed by atoms with Crippen LogP contribution in [0.3, 0.4) is 0 Å². The van der Waals surface area contributed by atoms with Gasteiger partial charge in [-0.3, -0.25) is 4.79 Å². The summed E-state index contributed by atoms with van der Waals surface area (Å²) in [7, 11) is 0. The maximum atomic E-state index is 11.5. The molecule has 0 heterocycles. The van der Waals surface area contributed by atoms with Crippen molar-refractivity contribution in [2.45, 2.75) is 26.8 Å². The third-order valence-electron chi connectivity index (χ3n) is 1.74. The number of ether oxygens (including phenoxy) is 1. The van der Waals surface area contributed by atoms with Crippen molar-refractivity contribution in [1.29, 1.82) is 0 Å². The predicted octanol–water partition coefficient (Wildman–Crippen LogP) is 1.39. The van der Waals surface area contributed by atoms with Crippen LogP contribution in [0.5, 0.6) is 0 Å². The van der Waals surface area contributed by atoms with Crippen LogP contribution in [-0.4, -0.2) is 47.3 Å². The second-order valence-electron chi connectivity index (χ2n) is 3.47. The third kappa shape index (κ3) is 7.67. The zero-order valence-electron chi connectivity index (χ0n) is 10.6. The van der Waals surface area contributed by atoms with Crippen LogP contribution >= 0.6 is 11.8 Å². The Balaban J connectivity index is 4.20. The molecule has 0 aliphatic carbocycles. The Hall–Kier alpha value is -1.18. The van der Waals surface area contributed by atoms with Crippen LogP contribution < -0.4 is 0 Å². The fourth-order valence-corrected chi connectivity index (χ4v) is 1.15. The van der Waals surface area contributed by atoms with Crippen LogP contribution in [0.25, 0.3) is 0 Å². The van der Waals surface area contributed by atoms with Crippen LogP contribution in [-0.2, 0) is 14.4 Å². The molecule has 100 valence electrons. The highest BCUT2D eigenvalue weighted by Gasteiger charge is 2.17. The van der Waals surface area contributed by atoms with E-state index in [1.165, 1.54) is 23.7 Å². The average molecular weight is 265 g/mol. The molecule has 17 heavy (non-hydrogen) atoms. The molecule has 0 aromatic heterocycles. The van der Waals surface area contributed by atoms with Gasteiger partial charge in [-0.15, -0.1) is 16.8 Å². The van der Waals surface area contributed by atoms with E-state index in [1.807, 2.05) is 20.1 Å². The van der Waals surface area contributed by atoms with Crippen LogP contribution in [0, 0.1) is 5.21 Å². The lowest BCUT2D eigenvalue weighted by molar-refractivity contribution is -0.717. The quantitative estimate of drug-likeness (QED) is 0.165. The number of hydrogen-bond donors (Lipinski definition) is 0. The topological polar surface area (TPSA) is 77.2 Å². The standard InChI is InChI=1S/C9H19N3O4S/c1-8(2)11(5-6-15-9(3)13)12(14)10-16-7-17-4/h8H,5-7H2,1-4H3. The van der Waals surface area contributed by atoms with Gasteiger partial charge in [-0.05, 0) is 20.1 Å². The van der Waals surface area contributed by atoms with Gasteiger partial charge in [0.2, 0.25) is 5.28 Å². The first-order valence-corrected chi connectivity index (χ1v) is 6.57. The van der Waals surface area contributed by atoms with Crippen molar-refractivity contribution in [3.63, 3.8) is 0 Å². The van der Waals surface area contributed by atoms with E-state index in [9.17, 15) is 10.0 Å². The van der Waals surface area contributed by atoms with E-state index >= 15 is 0 Å². The van der Waals surface area contributed by atoms with Crippen molar-refractivity contribution >= 4 is 17.7 Å². The molecular formula is C9H19N3O4S. The summed E-state index contributed by atoms with van der Waals surface area (Å²) in [5.41, 5.74) is 0. The maximum absolute atomic E-state index is 11.5. The molecule has 0 N–H and O–H groups in total. The normalized spacial score (nSPS) is 11.5. The van der Waals surface area contributed by atoms with E-state index in [1.54, 1.807) is 0 Å². The second-order valence-corrected chi connectivity index (χ2v) is 4.28. The Bertz CT molecular complexity index is 261. The van der Waals surface area contributed by atoms with Crippen LogP contribution in [0.1, 0.15) is 20.8 Å². The zero-order chi connectivity index (χ0) is 13.3. The lowest BCUT2D eigenvalue weighted by atomic mass is 10.4. The van der Waals surface area contributed by atoms with Gasteiger partial charge in [-0.2, -0.15) is 0 Å². The van der Waals surface area contributed by atoms with Gasteiger partial charge in [-0.25, -0.2) is 0 Å². The maximum Gasteiger partial charge on any atom is 0.302 e. The Kier molecular flexibility index (Phi) is 8.29. The van der Waals surface area contributed by atoms with E-state index in [0.29, 0.717) is 10.9 Å². The van der Waals surface area contributed by atoms with E-state index in [4.69, 9.17) is 9.57 Å². The van der Waals surface area contributed by atoms with Crippen molar-refractivity contribution < 1.29 is 19.3 Å². The number of hydrogen-bond acceptors (Lipinski definition) is 6. The van der Waals surface area contributed by atoms with Crippen molar-refractivity contribution in [3.05, 3.63) is 5.21 Å². The molecule has 7 nitrogen and oxygen atoms in total. The van der Waals surface area contributed by atoms with Crippen molar-refractivity contribution in [2.24, 2.45) is 5.28 Å². The first kappa shape index (κ1) is 15.8.